The van der Waals surface area contributed by atoms with Gasteiger partial charge in [-0.25, -0.2) is 9.97 Å². The molecule has 0 bridgehead atoms. The van der Waals surface area contributed by atoms with Gasteiger partial charge in [0.25, 0.3) is 5.56 Å². The normalized spacial score (nSPS) is 15.4. The number of methoxy groups -OCH3 is 1. The standard InChI is InChI=1S/C10H10IN3O2S2/c1-16-4-6-12-8-7(13-10(17-8)18-11)9(15)14(6)5-2-3-5/h5H,2-4H2,1H3. The number of thiazole rings is 1. The first-order valence-corrected chi connectivity index (χ1v) is 9.61. The average molecular weight is 395 g/mol. The van der Waals surface area contributed by atoms with Crippen LogP contribution < -0.4 is 5.56 Å². The van der Waals surface area contributed by atoms with E-state index in [1.165, 1.54) is 20.3 Å². The lowest BCUT2D eigenvalue weighted by Crippen LogP contribution is -2.24. The number of hydrogen-bond donors (Lipinski definition) is 0. The first-order chi connectivity index (χ1) is 8.74. The summed E-state index contributed by atoms with van der Waals surface area (Å²) in [5.74, 6) is 0.714. The molecule has 3 rings (SSSR count). The molecule has 0 unspecified atom stereocenters. The molecule has 0 saturated heterocycles. The average Bonchev–Trinajstić information content (AvgIpc) is 3.09. The molecule has 8 heteroatoms. The number of ether oxygens (including phenoxy) is 1. The van der Waals surface area contributed by atoms with E-state index < -0.39 is 0 Å². The molecule has 0 radical (unpaired) electrons. The Balaban J connectivity index is 2.25. The van der Waals surface area contributed by atoms with Crippen molar-refractivity contribution in [1.82, 2.24) is 14.5 Å². The van der Waals surface area contributed by atoms with Crippen molar-refractivity contribution in [2.45, 2.75) is 29.8 Å². The predicted octanol–water partition coefficient (Wildman–Crippen LogP) is 2.78. The van der Waals surface area contributed by atoms with Crippen LogP contribution in [0.25, 0.3) is 10.3 Å². The number of fused-ring (bicyclic) bond motifs is 1. The van der Waals surface area contributed by atoms with E-state index in [0.717, 1.165) is 17.2 Å². The van der Waals surface area contributed by atoms with Crippen molar-refractivity contribution in [3.8, 4) is 0 Å². The maximum Gasteiger partial charge on any atom is 0.281 e. The Morgan fingerprint density at radius 1 is 1.56 bits per heavy atom. The van der Waals surface area contributed by atoms with Gasteiger partial charge in [0.2, 0.25) is 0 Å². The van der Waals surface area contributed by atoms with E-state index in [-0.39, 0.29) is 11.6 Å². The van der Waals surface area contributed by atoms with Crippen LogP contribution in [0.5, 0.6) is 0 Å². The second-order valence-corrected chi connectivity index (χ2v) is 7.18. The van der Waals surface area contributed by atoms with Crippen molar-refractivity contribution in [1.29, 1.82) is 0 Å². The Morgan fingerprint density at radius 2 is 2.33 bits per heavy atom. The molecule has 0 aromatic carbocycles. The molecule has 1 aliphatic rings. The Kier molecular flexibility index (Phi) is 3.61. The summed E-state index contributed by atoms with van der Waals surface area (Å²) >= 11 is 3.62. The van der Waals surface area contributed by atoms with Gasteiger partial charge in [-0.3, -0.25) is 9.36 Å². The zero-order valence-corrected chi connectivity index (χ0v) is 13.3. The number of nitrogens with zero attached hydrogens (tertiary/aromatic N) is 3. The summed E-state index contributed by atoms with van der Waals surface area (Å²) in [5.41, 5.74) is 0.466. The van der Waals surface area contributed by atoms with Crippen LogP contribution in [0.4, 0.5) is 0 Å². The molecule has 1 fully saturated rings. The third-order valence-corrected chi connectivity index (χ3v) is 6.39. The number of hydrogen-bond acceptors (Lipinski definition) is 6. The summed E-state index contributed by atoms with van der Waals surface area (Å²) in [7, 11) is 3.13. The molecule has 0 aliphatic heterocycles. The van der Waals surface area contributed by atoms with Gasteiger partial charge in [0.1, 0.15) is 12.4 Å². The zero-order chi connectivity index (χ0) is 12.7. The lowest BCUT2D eigenvalue weighted by Gasteiger charge is -2.09. The van der Waals surface area contributed by atoms with Crippen molar-refractivity contribution < 1.29 is 4.74 Å². The smallest absolute Gasteiger partial charge is 0.281 e. The number of rotatable bonds is 4. The first-order valence-electron chi connectivity index (χ1n) is 5.44. The zero-order valence-electron chi connectivity index (χ0n) is 9.55. The molecular formula is C10H10IN3O2S2. The molecule has 1 aliphatic carbocycles. The van der Waals surface area contributed by atoms with E-state index in [0.29, 0.717) is 22.8 Å². The van der Waals surface area contributed by atoms with Crippen molar-refractivity contribution in [2.75, 3.05) is 7.11 Å². The molecule has 18 heavy (non-hydrogen) atoms. The molecule has 2 aromatic heterocycles. The van der Waals surface area contributed by atoms with Crippen molar-refractivity contribution >= 4 is 51.8 Å². The van der Waals surface area contributed by atoms with Gasteiger partial charge in [-0.05, 0) is 21.8 Å². The van der Waals surface area contributed by atoms with E-state index >= 15 is 0 Å². The van der Waals surface area contributed by atoms with Gasteiger partial charge in [0.15, 0.2) is 14.7 Å². The third kappa shape index (κ3) is 2.19. The highest BCUT2D eigenvalue weighted by atomic mass is 127. The summed E-state index contributed by atoms with van der Waals surface area (Å²) in [6, 6.07) is 0.289. The predicted molar refractivity (Wildman–Crippen MR) is 80.5 cm³/mol. The lowest BCUT2D eigenvalue weighted by molar-refractivity contribution is 0.173. The van der Waals surface area contributed by atoms with Crippen LogP contribution in [0.3, 0.4) is 0 Å². The molecular weight excluding hydrogens is 385 g/mol. The molecule has 0 atom stereocenters. The molecule has 0 amide bonds. The number of halogens is 1. The first kappa shape index (κ1) is 12.8. The molecule has 5 nitrogen and oxygen atoms in total. The van der Waals surface area contributed by atoms with Crippen molar-refractivity contribution in [2.24, 2.45) is 0 Å². The van der Waals surface area contributed by atoms with Crippen LogP contribution in [-0.2, 0) is 11.3 Å². The molecule has 0 spiro atoms. The highest BCUT2D eigenvalue weighted by Gasteiger charge is 2.29. The minimum absolute atomic E-state index is 0.0255. The third-order valence-electron chi connectivity index (χ3n) is 2.77. The topological polar surface area (TPSA) is 57.0 Å². The van der Waals surface area contributed by atoms with E-state index in [1.54, 1.807) is 11.7 Å². The van der Waals surface area contributed by atoms with Crippen LogP contribution in [0.2, 0.25) is 0 Å². The highest BCUT2D eigenvalue weighted by molar-refractivity contribution is 14.2. The van der Waals surface area contributed by atoms with E-state index in [1.807, 2.05) is 0 Å². The van der Waals surface area contributed by atoms with Gasteiger partial charge >= 0.3 is 0 Å². The van der Waals surface area contributed by atoms with Gasteiger partial charge < -0.3 is 4.74 Å². The van der Waals surface area contributed by atoms with E-state index in [9.17, 15) is 4.79 Å². The molecule has 2 aromatic rings. The fourth-order valence-electron chi connectivity index (χ4n) is 1.88. The largest absolute Gasteiger partial charge is 0.377 e. The van der Waals surface area contributed by atoms with Crippen LogP contribution in [0.1, 0.15) is 24.7 Å². The van der Waals surface area contributed by atoms with Gasteiger partial charge in [-0.15, -0.1) is 0 Å². The minimum atomic E-state index is -0.0255. The lowest BCUT2D eigenvalue weighted by atomic mass is 10.4. The quantitative estimate of drug-likeness (QED) is 0.746. The van der Waals surface area contributed by atoms with Crippen LogP contribution in [0, 0.1) is 0 Å². The fraction of sp³-hybridized carbons (Fsp3) is 0.500. The SMILES string of the molecule is COCc1nc2sc(SI)nc2c(=O)n1C1CC1. The van der Waals surface area contributed by atoms with E-state index in [2.05, 4.69) is 31.2 Å². The summed E-state index contributed by atoms with van der Waals surface area (Å²) in [6.45, 7) is 0.367. The molecule has 0 N–H and O–H groups in total. The maximum atomic E-state index is 12.4. The Bertz CT molecular complexity index is 650. The van der Waals surface area contributed by atoms with Crippen LogP contribution in [-0.4, -0.2) is 21.6 Å². The summed E-state index contributed by atoms with van der Waals surface area (Å²) < 4.78 is 7.76. The van der Waals surface area contributed by atoms with Crippen LogP contribution >= 0.6 is 41.5 Å². The number of aromatic nitrogens is 3. The van der Waals surface area contributed by atoms with Gasteiger partial charge in [-0.2, -0.15) is 0 Å². The van der Waals surface area contributed by atoms with Gasteiger partial charge in [-0.1, -0.05) is 11.3 Å². The van der Waals surface area contributed by atoms with E-state index in [4.69, 9.17) is 4.74 Å². The van der Waals surface area contributed by atoms with Gasteiger partial charge in [0.05, 0.1) is 0 Å². The Labute approximate surface area is 124 Å². The Hall–Kier alpha value is -0.190. The fourth-order valence-corrected chi connectivity index (χ4v) is 4.16. The second-order valence-electron chi connectivity index (χ2n) is 4.08. The van der Waals surface area contributed by atoms with Crippen molar-refractivity contribution in [3.63, 3.8) is 0 Å². The summed E-state index contributed by atoms with van der Waals surface area (Å²) in [5, 5.41) is 0. The Morgan fingerprint density at radius 3 is 2.94 bits per heavy atom. The summed E-state index contributed by atoms with van der Waals surface area (Å²) in [6.07, 6.45) is 2.09. The highest BCUT2D eigenvalue weighted by Crippen LogP contribution is 2.36. The molecule has 1 saturated carbocycles. The maximum absolute atomic E-state index is 12.4. The minimum Gasteiger partial charge on any atom is -0.377 e. The molecule has 2 heterocycles. The van der Waals surface area contributed by atoms with Crippen molar-refractivity contribution in [3.05, 3.63) is 16.2 Å². The summed E-state index contributed by atoms with van der Waals surface area (Å²) in [4.78, 5) is 22.0. The van der Waals surface area contributed by atoms with Crippen LogP contribution in [0.15, 0.2) is 9.13 Å². The molecule has 96 valence electrons. The monoisotopic (exact) mass is 395 g/mol. The van der Waals surface area contributed by atoms with Gasteiger partial charge in [0, 0.05) is 34.4 Å². The second kappa shape index (κ2) is 5.06.